The minimum Gasteiger partial charge on any atom is -0.480 e. The number of hydrogen-bond donors (Lipinski definition) is 1. The van der Waals surface area contributed by atoms with E-state index in [-0.39, 0.29) is 24.1 Å². The highest BCUT2D eigenvalue weighted by molar-refractivity contribution is 8.26. The van der Waals surface area contributed by atoms with Gasteiger partial charge in [0.15, 0.2) is 0 Å². The average Bonchev–Trinajstić information content (AvgIpc) is 2.97. The zero-order valence-electron chi connectivity index (χ0n) is 15.7. The molecule has 0 spiro atoms. The number of thioether (sulfide) groups is 1. The van der Waals surface area contributed by atoms with E-state index in [0.717, 1.165) is 12.8 Å². The number of carbonyl (C=O) groups excluding carboxylic acids is 2. The van der Waals surface area contributed by atoms with Crippen molar-refractivity contribution >= 4 is 52.2 Å². The Morgan fingerprint density at radius 1 is 1.28 bits per heavy atom. The second-order valence-corrected chi connectivity index (χ2v) is 8.60. The Hall–Kier alpha value is -2.26. The molecule has 2 fully saturated rings. The Kier molecular flexibility index (Phi) is 7.02. The topological polar surface area (TPSA) is 77.9 Å². The molecule has 2 saturated heterocycles. The Morgan fingerprint density at radius 3 is 2.69 bits per heavy atom. The van der Waals surface area contributed by atoms with E-state index in [2.05, 4.69) is 0 Å². The smallest absolute Gasteiger partial charge is 0.326 e. The number of rotatable bonds is 6. The van der Waals surface area contributed by atoms with Crippen LogP contribution in [0, 0.1) is 5.82 Å². The number of nitrogens with zero attached hydrogens (tertiary/aromatic N) is 2. The Bertz CT molecular complexity index is 857. The molecule has 0 saturated carbocycles. The molecule has 154 valence electrons. The first kappa shape index (κ1) is 21.4. The van der Waals surface area contributed by atoms with Crippen LogP contribution >= 0.6 is 24.0 Å². The molecule has 1 unspecified atom stereocenters. The number of amides is 2. The van der Waals surface area contributed by atoms with Gasteiger partial charge in [0.1, 0.15) is 16.2 Å². The maximum atomic E-state index is 13.0. The number of benzene rings is 1. The summed E-state index contributed by atoms with van der Waals surface area (Å²) in [6.07, 6.45) is 4.31. The monoisotopic (exact) mass is 436 g/mol. The zero-order valence-corrected chi connectivity index (χ0v) is 17.3. The number of carboxylic acids is 1. The minimum atomic E-state index is -0.971. The van der Waals surface area contributed by atoms with Gasteiger partial charge in [-0.15, -0.1) is 0 Å². The molecule has 6 nitrogen and oxygen atoms in total. The first-order valence-electron chi connectivity index (χ1n) is 9.40. The largest absolute Gasteiger partial charge is 0.480 e. The van der Waals surface area contributed by atoms with Crippen LogP contribution in [0.15, 0.2) is 29.2 Å². The molecule has 2 aliphatic heterocycles. The van der Waals surface area contributed by atoms with Crippen molar-refractivity contribution in [1.82, 2.24) is 9.80 Å². The van der Waals surface area contributed by atoms with E-state index < -0.39 is 12.0 Å². The summed E-state index contributed by atoms with van der Waals surface area (Å²) in [5.41, 5.74) is 0.701. The van der Waals surface area contributed by atoms with Crippen molar-refractivity contribution in [1.29, 1.82) is 0 Å². The van der Waals surface area contributed by atoms with Gasteiger partial charge < -0.3 is 10.0 Å². The highest BCUT2D eigenvalue weighted by Gasteiger charge is 2.33. The highest BCUT2D eigenvalue weighted by atomic mass is 32.2. The number of carbonyl (C=O) groups is 3. The van der Waals surface area contributed by atoms with Crippen molar-refractivity contribution in [3.05, 3.63) is 40.6 Å². The molecule has 3 rings (SSSR count). The van der Waals surface area contributed by atoms with Crippen LogP contribution in [0.5, 0.6) is 0 Å². The number of likely N-dealkylation sites (tertiary alicyclic amines) is 1. The normalized spacial score (nSPS) is 21.1. The molecule has 1 atom stereocenters. The van der Waals surface area contributed by atoms with Crippen LogP contribution in [0.3, 0.4) is 0 Å². The molecule has 9 heteroatoms. The summed E-state index contributed by atoms with van der Waals surface area (Å²) in [7, 11) is 0. The summed E-state index contributed by atoms with van der Waals surface area (Å²) in [6.45, 7) is 0.750. The van der Waals surface area contributed by atoms with Crippen LogP contribution in [0.2, 0.25) is 0 Å². The molecule has 2 amide bonds. The van der Waals surface area contributed by atoms with Gasteiger partial charge in [0.05, 0.1) is 4.91 Å². The summed E-state index contributed by atoms with van der Waals surface area (Å²) < 4.78 is 13.4. The van der Waals surface area contributed by atoms with Crippen molar-refractivity contribution in [3.63, 3.8) is 0 Å². The number of thiocarbonyl (C=S) groups is 1. The number of carboxylic acid groups (broad SMARTS) is 1. The van der Waals surface area contributed by atoms with Gasteiger partial charge in [-0.3, -0.25) is 14.5 Å². The standard InChI is InChI=1S/C20H21FN2O4S2/c21-14-8-6-13(7-9-14)12-16-18(25)23(20(28)29-16)11-3-5-17(24)22-10-2-1-4-15(22)19(26)27/h6-9,12,15H,1-5,10-11H2,(H,26,27). The Balaban J connectivity index is 1.56. The van der Waals surface area contributed by atoms with E-state index in [4.69, 9.17) is 12.2 Å². The molecule has 1 N–H and O–H groups in total. The fourth-order valence-corrected chi connectivity index (χ4v) is 4.73. The maximum Gasteiger partial charge on any atom is 0.326 e. The first-order chi connectivity index (χ1) is 13.9. The van der Waals surface area contributed by atoms with E-state index in [1.807, 2.05) is 0 Å². The van der Waals surface area contributed by atoms with E-state index in [9.17, 15) is 23.9 Å². The fraction of sp³-hybridized carbons (Fsp3) is 0.400. The van der Waals surface area contributed by atoms with Crippen LogP contribution < -0.4 is 0 Å². The molecule has 2 aliphatic rings. The molecule has 29 heavy (non-hydrogen) atoms. The summed E-state index contributed by atoms with van der Waals surface area (Å²) in [5, 5.41) is 9.30. The quantitative estimate of drug-likeness (QED) is 0.545. The van der Waals surface area contributed by atoms with Gasteiger partial charge in [-0.2, -0.15) is 0 Å². The van der Waals surface area contributed by atoms with Crippen molar-refractivity contribution in [3.8, 4) is 0 Å². The van der Waals surface area contributed by atoms with Crippen molar-refractivity contribution < 1.29 is 23.9 Å². The molecule has 1 aromatic rings. The van der Waals surface area contributed by atoms with Gasteiger partial charge in [0.25, 0.3) is 5.91 Å². The summed E-state index contributed by atoms with van der Waals surface area (Å²) in [4.78, 5) is 39.8. The first-order valence-corrected chi connectivity index (χ1v) is 10.6. The summed E-state index contributed by atoms with van der Waals surface area (Å²) >= 11 is 6.46. The third-order valence-corrected chi connectivity index (χ3v) is 6.30. The van der Waals surface area contributed by atoms with E-state index >= 15 is 0 Å². The van der Waals surface area contributed by atoms with Crippen LogP contribution in [0.4, 0.5) is 4.39 Å². The van der Waals surface area contributed by atoms with Crippen LogP contribution in [0.25, 0.3) is 6.08 Å². The van der Waals surface area contributed by atoms with Crippen molar-refractivity contribution in [2.75, 3.05) is 13.1 Å². The molecular weight excluding hydrogens is 415 g/mol. The van der Waals surface area contributed by atoms with Gasteiger partial charge in [-0.05, 0) is 49.5 Å². The van der Waals surface area contributed by atoms with Crippen LogP contribution in [0.1, 0.15) is 37.7 Å². The Morgan fingerprint density at radius 2 is 2.00 bits per heavy atom. The third kappa shape index (κ3) is 5.22. The maximum absolute atomic E-state index is 13.0. The molecule has 0 aliphatic carbocycles. The van der Waals surface area contributed by atoms with Gasteiger partial charge in [-0.1, -0.05) is 36.1 Å². The second kappa shape index (κ2) is 9.49. The van der Waals surface area contributed by atoms with Gasteiger partial charge in [0.2, 0.25) is 5.91 Å². The fourth-order valence-electron chi connectivity index (χ4n) is 3.42. The lowest BCUT2D eigenvalue weighted by Gasteiger charge is -2.33. The molecular formula is C20H21FN2O4S2. The molecule has 0 radical (unpaired) electrons. The van der Waals surface area contributed by atoms with E-state index in [0.29, 0.717) is 40.7 Å². The van der Waals surface area contributed by atoms with E-state index in [1.54, 1.807) is 18.2 Å². The lowest BCUT2D eigenvalue weighted by Crippen LogP contribution is -2.48. The third-order valence-electron chi connectivity index (χ3n) is 4.92. The average molecular weight is 437 g/mol. The number of hydrogen-bond acceptors (Lipinski definition) is 5. The SMILES string of the molecule is O=C(O)C1CCCCN1C(=O)CCCN1C(=O)C(=Cc2ccc(F)cc2)SC1=S. The summed E-state index contributed by atoms with van der Waals surface area (Å²) in [6, 6.07) is 5.05. The van der Waals surface area contributed by atoms with Gasteiger partial charge in [-0.25, -0.2) is 9.18 Å². The molecule has 0 aromatic heterocycles. The van der Waals surface area contributed by atoms with Gasteiger partial charge >= 0.3 is 5.97 Å². The highest BCUT2D eigenvalue weighted by Crippen LogP contribution is 2.32. The van der Waals surface area contributed by atoms with Gasteiger partial charge in [0, 0.05) is 19.5 Å². The predicted octanol–water partition coefficient (Wildman–Crippen LogP) is 3.27. The lowest BCUT2D eigenvalue weighted by molar-refractivity contribution is -0.152. The van der Waals surface area contributed by atoms with Crippen LogP contribution in [-0.2, 0) is 14.4 Å². The van der Waals surface area contributed by atoms with Crippen molar-refractivity contribution in [2.45, 2.75) is 38.1 Å². The summed E-state index contributed by atoms with van der Waals surface area (Å²) in [5.74, 6) is -1.76. The molecule has 2 heterocycles. The molecule has 0 bridgehead atoms. The lowest BCUT2D eigenvalue weighted by atomic mass is 10.0. The predicted molar refractivity (Wildman–Crippen MR) is 113 cm³/mol. The number of halogens is 1. The number of aliphatic carboxylic acids is 1. The zero-order chi connectivity index (χ0) is 21.0. The molecule has 1 aromatic carbocycles. The van der Waals surface area contributed by atoms with Crippen molar-refractivity contribution in [2.24, 2.45) is 0 Å². The number of piperidine rings is 1. The van der Waals surface area contributed by atoms with Crippen LogP contribution in [-0.4, -0.2) is 56.1 Å². The minimum absolute atomic E-state index is 0.165. The Labute approximate surface area is 177 Å². The van der Waals surface area contributed by atoms with E-state index in [1.165, 1.54) is 33.7 Å². The second-order valence-electron chi connectivity index (χ2n) is 6.93.